The normalized spacial score (nSPS) is 11.7. The van der Waals surface area contributed by atoms with Crippen LogP contribution in [0, 0.1) is 6.92 Å². The number of hydrogen-bond acceptors (Lipinski definition) is 5. The Morgan fingerprint density at radius 3 is 2.46 bits per heavy atom. The van der Waals surface area contributed by atoms with Gasteiger partial charge in [-0.05, 0) is 30.7 Å². The molecule has 0 aliphatic heterocycles. The number of nitrogens with zero attached hydrogens (tertiary/aromatic N) is 3. The Bertz CT molecular complexity index is 1220. The van der Waals surface area contributed by atoms with Gasteiger partial charge in [0.25, 0.3) is 10.0 Å². The zero-order valence-electron chi connectivity index (χ0n) is 14.0. The number of fused-ring (bicyclic) bond motifs is 1. The lowest BCUT2D eigenvalue weighted by molar-refractivity contribution is 0.589. The van der Waals surface area contributed by atoms with E-state index in [1.165, 1.54) is 3.97 Å². The Balaban J connectivity index is 2.04. The first-order valence-electron chi connectivity index (χ1n) is 7.98. The molecular weight excluding hydrogens is 348 g/mol. The van der Waals surface area contributed by atoms with Crippen molar-refractivity contribution >= 4 is 26.9 Å². The zero-order valence-corrected chi connectivity index (χ0v) is 14.8. The topological polar surface area (TPSA) is 90.9 Å². The molecule has 0 atom stereocenters. The fraction of sp³-hybridized carbons (Fsp3) is 0.0526. The van der Waals surface area contributed by atoms with Crippen molar-refractivity contribution in [3.63, 3.8) is 0 Å². The van der Waals surface area contributed by atoms with Gasteiger partial charge in [-0.15, -0.1) is 0 Å². The number of nitrogens with two attached hydrogens (primary N) is 1. The maximum Gasteiger partial charge on any atom is 0.268 e. The number of hydrogen-bond donors (Lipinski definition) is 1. The highest BCUT2D eigenvalue weighted by Crippen LogP contribution is 2.33. The number of rotatable bonds is 3. The average molecular weight is 364 g/mol. The summed E-state index contributed by atoms with van der Waals surface area (Å²) in [5.41, 5.74) is 8.47. The van der Waals surface area contributed by atoms with E-state index in [0.29, 0.717) is 16.8 Å². The van der Waals surface area contributed by atoms with Crippen molar-refractivity contribution in [1.29, 1.82) is 0 Å². The maximum absolute atomic E-state index is 13.1. The second kappa shape index (κ2) is 5.96. The lowest BCUT2D eigenvalue weighted by atomic mass is 10.1. The predicted molar refractivity (Wildman–Crippen MR) is 101 cm³/mol. The highest BCUT2D eigenvalue weighted by Gasteiger charge is 2.22. The van der Waals surface area contributed by atoms with Gasteiger partial charge in [0.15, 0.2) is 0 Å². The Hall–Kier alpha value is -3.19. The van der Waals surface area contributed by atoms with E-state index < -0.39 is 10.0 Å². The van der Waals surface area contributed by atoms with Crippen LogP contribution < -0.4 is 5.73 Å². The van der Waals surface area contributed by atoms with Gasteiger partial charge in [-0.1, -0.05) is 36.4 Å². The molecule has 0 amide bonds. The summed E-state index contributed by atoms with van der Waals surface area (Å²) in [6, 6.07) is 15.7. The third-order valence-electron chi connectivity index (χ3n) is 4.22. The maximum atomic E-state index is 13.1. The lowest BCUT2D eigenvalue weighted by Gasteiger charge is -2.07. The molecule has 130 valence electrons. The van der Waals surface area contributed by atoms with Gasteiger partial charge in [0.1, 0.15) is 0 Å². The van der Waals surface area contributed by atoms with E-state index in [1.54, 1.807) is 48.8 Å². The van der Waals surface area contributed by atoms with E-state index in [4.69, 9.17) is 5.73 Å². The Morgan fingerprint density at radius 2 is 1.69 bits per heavy atom. The van der Waals surface area contributed by atoms with Crippen LogP contribution in [-0.2, 0) is 10.0 Å². The van der Waals surface area contributed by atoms with Crippen molar-refractivity contribution in [1.82, 2.24) is 13.9 Å². The second-order valence-corrected chi connectivity index (χ2v) is 7.75. The SMILES string of the molecule is Cc1cnc(N)nc1-c1cn(S(=O)(=O)c2ccccc2)c2ccccc12. The van der Waals surface area contributed by atoms with Crippen molar-refractivity contribution in [2.75, 3.05) is 5.73 Å². The van der Waals surface area contributed by atoms with Crippen LogP contribution in [0.4, 0.5) is 5.95 Å². The van der Waals surface area contributed by atoms with E-state index in [0.717, 1.165) is 10.9 Å². The molecular formula is C19H16N4O2S. The summed E-state index contributed by atoms with van der Waals surface area (Å²) in [5, 5.41) is 0.785. The van der Waals surface area contributed by atoms with Crippen molar-refractivity contribution in [3.8, 4) is 11.3 Å². The molecule has 2 aromatic carbocycles. The van der Waals surface area contributed by atoms with Gasteiger partial charge in [-0.3, -0.25) is 0 Å². The summed E-state index contributed by atoms with van der Waals surface area (Å²) in [4.78, 5) is 8.54. The van der Waals surface area contributed by atoms with Crippen LogP contribution in [0.25, 0.3) is 22.2 Å². The van der Waals surface area contributed by atoms with Gasteiger partial charge >= 0.3 is 0 Å². The van der Waals surface area contributed by atoms with Crippen LogP contribution in [0.3, 0.4) is 0 Å². The molecule has 0 radical (unpaired) electrons. The minimum absolute atomic E-state index is 0.147. The fourth-order valence-corrected chi connectivity index (χ4v) is 4.36. The van der Waals surface area contributed by atoms with Crippen LogP contribution >= 0.6 is 0 Å². The molecule has 26 heavy (non-hydrogen) atoms. The van der Waals surface area contributed by atoms with Gasteiger partial charge in [-0.2, -0.15) is 0 Å². The third kappa shape index (κ3) is 2.53. The number of benzene rings is 2. The average Bonchev–Trinajstić information content (AvgIpc) is 3.05. The first-order chi connectivity index (χ1) is 12.5. The van der Waals surface area contributed by atoms with Crippen LogP contribution in [0.2, 0.25) is 0 Å². The highest BCUT2D eigenvalue weighted by atomic mass is 32.2. The molecule has 2 N–H and O–H groups in total. The van der Waals surface area contributed by atoms with Crippen LogP contribution in [0.5, 0.6) is 0 Å². The largest absolute Gasteiger partial charge is 0.368 e. The summed E-state index contributed by atoms with van der Waals surface area (Å²) in [6.45, 7) is 1.87. The third-order valence-corrected chi connectivity index (χ3v) is 5.91. The summed E-state index contributed by atoms with van der Waals surface area (Å²) < 4.78 is 27.6. The van der Waals surface area contributed by atoms with Crippen LogP contribution in [0.1, 0.15) is 5.56 Å². The molecule has 2 heterocycles. The van der Waals surface area contributed by atoms with Crippen LogP contribution in [-0.4, -0.2) is 22.4 Å². The molecule has 0 saturated heterocycles. The molecule has 0 aliphatic rings. The van der Waals surface area contributed by atoms with Crippen LogP contribution in [0.15, 0.2) is 71.9 Å². The molecule has 0 fully saturated rings. The summed E-state index contributed by atoms with van der Waals surface area (Å²) >= 11 is 0. The molecule has 0 spiro atoms. The molecule has 0 unspecified atom stereocenters. The van der Waals surface area contributed by atoms with E-state index in [9.17, 15) is 8.42 Å². The summed E-state index contributed by atoms with van der Waals surface area (Å²) in [6.07, 6.45) is 3.23. The van der Waals surface area contributed by atoms with E-state index in [2.05, 4.69) is 9.97 Å². The number of anilines is 1. The number of aromatic nitrogens is 3. The van der Waals surface area contributed by atoms with E-state index in [-0.39, 0.29) is 10.8 Å². The summed E-state index contributed by atoms with van der Waals surface area (Å²) in [5.74, 6) is 0.147. The van der Waals surface area contributed by atoms with E-state index >= 15 is 0 Å². The quantitative estimate of drug-likeness (QED) is 0.603. The smallest absolute Gasteiger partial charge is 0.268 e. The van der Waals surface area contributed by atoms with E-state index in [1.807, 2.05) is 25.1 Å². The summed E-state index contributed by atoms with van der Waals surface area (Å²) in [7, 11) is -3.73. The Kier molecular flexibility index (Phi) is 3.73. The monoisotopic (exact) mass is 364 g/mol. The van der Waals surface area contributed by atoms with Gasteiger partial charge < -0.3 is 5.73 Å². The standard InChI is InChI=1S/C19H16N4O2S/c1-13-11-21-19(20)22-18(13)16-12-23(17-10-6-5-9-15(16)17)26(24,25)14-7-3-2-4-8-14/h2-12H,1H3,(H2,20,21,22). The number of aryl methyl sites for hydroxylation is 1. The lowest BCUT2D eigenvalue weighted by Crippen LogP contribution is -2.11. The first-order valence-corrected chi connectivity index (χ1v) is 9.42. The van der Waals surface area contributed by atoms with Crippen molar-refractivity contribution < 1.29 is 8.42 Å². The number of para-hydroxylation sites is 1. The zero-order chi connectivity index (χ0) is 18.3. The van der Waals surface area contributed by atoms with Gasteiger partial charge in [0.05, 0.1) is 16.1 Å². The van der Waals surface area contributed by atoms with Gasteiger partial charge in [0.2, 0.25) is 5.95 Å². The molecule has 4 aromatic rings. The molecule has 6 nitrogen and oxygen atoms in total. The van der Waals surface area contributed by atoms with Crippen molar-refractivity contribution in [3.05, 3.63) is 72.6 Å². The van der Waals surface area contributed by atoms with Gasteiger partial charge in [-0.25, -0.2) is 22.4 Å². The Labute approximate surface area is 151 Å². The molecule has 0 saturated carbocycles. The second-order valence-electron chi connectivity index (χ2n) is 5.93. The fourth-order valence-electron chi connectivity index (χ4n) is 2.97. The van der Waals surface area contributed by atoms with Crippen molar-refractivity contribution in [2.24, 2.45) is 0 Å². The Morgan fingerprint density at radius 1 is 1.00 bits per heavy atom. The molecule has 7 heteroatoms. The first kappa shape index (κ1) is 16.3. The molecule has 0 aliphatic carbocycles. The molecule has 4 rings (SSSR count). The molecule has 0 bridgehead atoms. The van der Waals surface area contributed by atoms with Crippen molar-refractivity contribution in [2.45, 2.75) is 11.8 Å². The highest BCUT2D eigenvalue weighted by molar-refractivity contribution is 7.90. The minimum Gasteiger partial charge on any atom is -0.368 e. The molecule has 2 aromatic heterocycles. The predicted octanol–water partition coefficient (Wildman–Crippen LogP) is 3.23. The minimum atomic E-state index is -3.73. The number of nitrogen functional groups attached to an aromatic ring is 1. The van der Waals surface area contributed by atoms with Gasteiger partial charge in [0, 0.05) is 23.3 Å².